The van der Waals surface area contributed by atoms with Gasteiger partial charge in [-0.1, -0.05) is 35.3 Å². The molecule has 0 bridgehead atoms. The topological polar surface area (TPSA) is 115 Å². The fourth-order valence-corrected chi connectivity index (χ4v) is 3.30. The predicted octanol–water partition coefficient (Wildman–Crippen LogP) is 4.71. The van der Waals surface area contributed by atoms with E-state index < -0.39 is 17.8 Å². The summed E-state index contributed by atoms with van der Waals surface area (Å²) in [4.78, 5) is 36.9. The molecule has 0 aliphatic heterocycles. The predicted molar refractivity (Wildman–Crippen MR) is 136 cm³/mol. The SMILES string of the molecule is COc1cc(C(C)=NNC(=O)C(=O)Nc2cc(Cl)ccc2Cl)ccc1OC(=O)c1ccccc1OC. The maximum atomic E-state index is 12.6. The highest BCUT2D eigenvalue weighted by Gasteiger charge is 2.18. The van der Waals surface area contributed by atoms with Gasteiger partial charge >= 0.3 is 17.8 Å². The molecule has 0 radical (unpaired) electrons. The zero-order chi connectivity index (χ0) is 26.2. The molecule has 0 unspecified atom stereocenters. The van der Waals surface area contributed by atoms with Crippen LogP contribution in [-0.2, 0) is 9.59 Å². The summed E-state index contributed by atoms with van der Waals surface area (Å²) in [6.07, 6.45) is 0. The summed E-state index contributed by atoms with van der Waals surface area (Å²) in [7, 11) is 2.87. The van der Waals surface area contributed by atoms with Crippen molar-refractivity contribution in [1.29, 1.82) is 0 Å². The number of rotatable bonds is 7. The molecule has 0 heterocycles. The second kappa shape index (κ2) is 12.1. The number of ether oxygens (including phenoxy) is 3. The minimum absolute atomic E-state index is 0.173. The Morgan fingerprint density at radius 3 is 2.28 bits per heavy atom. The summed E-state index contributed by atoms with van der Waals surface area (Å²) < 4.78 is 16.0. The molecule has 9 nitrogen and oxygen atoms in total. The second-order valence-electron chi connectivity index (χ2n) is 7.17. The van der Waals surface area contributed by atoms with Gasteiger partial charge in [0.15, 0.2) is 11.5 Å². The van der Waals surface area contributed by atoms with Crippen molar-refractivity contribution >= 4 is 52.4 Å². The molecular weight excluding hydrogens is 509 g/mol. The van der Waals surface area contributed by atoms with E-state index in [1.165, 1.54) is 32.4 Å². The van der Waals surface area contributed by atoms with Crippen LogP contribution in [0.3, 0.4) is 0 Å². The van der Waals surface area contributed by atoms with E-state index in [2.05, 4.69) is 15.8 Å². The molecule has 0 fully saturated rings. The van der Waals surface area contributed by atoms with Crippen molar-refractivity contribution < 1.29 is 28.6 Å². The van der Waals surface area contributed by atoms with Gasteiger partial charge in [0.05, 0.1) is 30.6 Å². The standard InChI is InChI=1S/C25H21Cl2N3O6/c1-14(29-30-24(32)23(31)28-19-13-16(26)9-10-18(19)27)15-8-11-21(22(12-15)35-3)36-25(33)17-6-4-5-7-20(17)34-2/h4-13H,1-3H3,(H,28,31)(H,30,32). The smallest absolute Gasteiger partial charge is 0.347 e. The fraction of sp³-hybridized carbons (Fsp3) is 0.120. The minimum Gasteiger partial charge on any atom is -0.496 e. The van der Waals surface area contributed by atoms with Gasteiger partial charge in [-0.25, -0.2) is 10.2 Å². The van der Waals surface area contributed by atoms with Crippen LogP contribution >= 0.6 is 23.2 Å². The number of benzene rings is 3. The number of esters is 1. The van der Waals surface area contributed by atoms with Crippen LogP contribution in [0.15, 0.2) is 65.8 Å². The van der Waals surface area contributed by atoms with Gasteiger partial charge in [-0.05, 0) is 55.5 Å². The summed E-state index contributed by atoms with van der Waals surface area (Å²) in [6, 6.07) is 15.8. The van der Waals surface area contributed by atoms with Crippen molar-refractivity contribution in [2.24, 2.45) is 5.10 Å². The Labute approximate surface area is 216 Å². The first-order valence-electron chi connectivity index (χ1n) is 10.4. The Morgan fingerprint density at radius 1 is 0.833 bits per heavy atom. The van der Waals surface area contributed by atoms with E-state index in [1.54, 1.807) is 49.4 Å². The largest absolute Gasteiger partial charge is 0.496 e. The normalized spacial score (nSPS) is 10.9. The molecule has 3 rings (SSSR count). The molecule has 0 aliphatic carbocycles. The number of hydrazone groups is 1. The van der Waals surface area contributed by atoms with E-state index >= 15 is 0 Å². The third kappa shape index (κ3) is 6.53. The lowest BCUT2D eigenvalue weighted by atomic mass is 10.1. The van der Waals surface area contributed by atoms with Crippen molar-refractivity contribution in [2.45, 2.75) is 6.92 Å². The summed E-state index contributed by atoms with van der Waals surface area (Å²) in [6.45, 7) is 1.61. The number of halogens is 2. The minimum atomic E-state index is -1.01. The summed E-state index contributed by atoms with van der Waals surface area (Å²) in [5.74, 6) is -1.82. The van der Waals surface area contributed by atoms with E-state index in [9.17, 15) is 14.4 Å². The lowest BCUT2D eigenvalue weighted by molar-refractivity contribution is -0.136. The number of hydrogen-bond acceptors (Lipinski definition) is 7. The van der Waals surface area contributed by atoms with Crippen molar-refractivity contribution in [3.63, 3.8) is 0 Å². The zero-order valence-electron chi connectivity index (χ0n) is 19.4. The molecule has 0 saturated heterocycles. The Balaban J connectivity index is 1.69. The number of carbonyl (C=O) groups is 3. The quantitative estimate of drug-likeness (QED) is 0.150. The molecule has 0 aromatic heterocycles. The fourth-order valence-electron chi connectivity index (χ4n) is 2.97. The van der Waals surface area contributed by atoms with Crippen LogP contribution in [-0.4, -0.2) is 37.7 Å². The van der Waals surface area contributed by atoms with Gasteiger partial charge < -0.3 is 19.5 Å². The molecule has 36 heavy (non-hydrogen) atoms. The third-order valence-electron chi connectivity index (χ3n) is 4.82. The maximum Gasteiger partial charge on any atom is 0.347 e. The van der Waals surface area contributed by atoms with Crippen LogP contribution in [0.4, 0.5) is 5.69 Å². The first-order chi connectivity index (χ1) is 17.2. The van der Waals surface area contributed by atoms with Gasteiger partial charge in [0.2, 0.25) is 0 Å². The number of hydrogen-bond donors (Lipinski definition) is 2. The number of nitrogens with zero attached hydrogens (tertiary/aromatic N) is 1. The number of carbonyl (C=O) groups excluding carboxylic acids is 3. The molecule has 0 saturated carbocycles. The first-order valence-corrected chi connectivity index (χ1v) is 11.1. The van der Waals surface area contributed by atoms with Crippen molar-refractivity contribution in [1.82, 2.24) is 5.43 Å². The van der Waals surface area contributed by atoms with Gasteiger partial charge in [0.25, 0.3) is 0 Å². The average molecular weight is 530 g/mol. The number of amides is 2. The highest BCUT2D eigenvalue weighted by molar-refractivity contribution is 6.42. The Bertz CT molecular complexity index is 1340. The van der Waals surface area contributed by atoms with Crippen LogP contribution in [0.25, 0.3) is 0 Å². The van der Waals surface area contributed by atoms with E-state index in [4.69, 9.17) is 37.4 Å². The number of para-hydroxylation sites is 1. The average Bonchev–Trinajstić information content (AvgIpc) is 2.89. The Morgan fingerprint density at radius 2 is 1.56 bits per heavy atom. The third-order valence-corrected chi connectivity index (χ3v) is 5.38. The molecule has 0 aliphatic rings. The molecule has 3 aromatic rings. The van der Waals surface area contributed by atoms with Crippen LogP contribution in [0.1, 0.15) is 22.8 Å². The zero-order valence-corrected chi connectivity index (χ0v) is 20.9. The molecule has 11 heteroatoms. The van der Waals surface area contributed by atoms with Crippen LogP contribution < -0.4 is 25.0 Å². The second-order valence-corrected chi connectivity index (χ2v) is 8.02. The molecular formula is C25H21Cl2N3O6. The van der Waals surface area contributed by atoms with Crippen molar-refractivity contribution in [3.8, 4) is 17.2 Å². The summed E-state index contributed by atoms with van der Waals surface area (Å²) >= 11 is 11.9. The van der Waals surface area contributed by atoms with Gasteiger partial charge in [-0.15, -0.1) is 0 Å². The molecule has 3 aromatic carbocycles. The summed E-state index contributed by atoms with van der Waals surface area (Å²) in [5.41, 5.74) is 3.52. The summed E-state index contributed by atoms with van der Waals surface area (Å²) in [5, 5.41) is 6.88. The lowest BCUT2D eigenvalue weighted by Gasteiger charge is -2.12. The van der Waals surface area contributed by atoms with Gasteiger partial charge in [0.1, 0.15) is 11.3 Å². The highest BCUT2D eigenvalue weighted by atomic mass is 35.5. The van der Waals surface area contributed by atoms with E-state index in [0.29, 0.717) is 22.0 Å². The monoisotopic (exact) mass is 529 g/mol. The number of methoxy groups -OCH3 is 2. The van der Waals surface area contributed by atoms with Crippen LogP contribution in [0.2, 0.25) is 10.0 Å². The van der Waals surface area contributed by atoms with Crippen molar-refractivity contribution in [3.05, 3.63) is 81.8 Å². The number of nitrogens with one attached hydrogen (secondary N) is 2. The highest BCUT2D eigenvalue weighted by Crippen LogP contribution is 2.30. The van der Waals surface area contributed by atoms with Crippen molar-refractivity contribution in [2.75, 3.05) is 19.5 Å². The lowest BCUT2D eigenvalue weighted by Crippen LogP contribution is -2.33. The first kappa shape index (κ1) is 26.5. The molecule has 186 valence electrons. The van der Waals surface area contributed by atoms with Gasteiger partial charge in [-0.2, -0.15) is 5.10 Å². The van der Waals surface area contributed by atoms with Gasteiger partial charge in [0, 0.05) is 10.6 Å². The Kier molecular flexibility index (Phi) is 8.88. The Hall–Kier alpha value is -4.08. The molecule has 0 atom stereocenters. The van der Waals surface area contributed by atoms with E-state index in [1.807, 2.05) is 0 Å². The maximum absolute atomic E-state index is 12.6. The molecule has 2 amide bonds. The molecule has 2 N–H and O–H groups in total. The number of anilines is 1. The van der Waals surface area contributed by atoms with E-state index in [0.717, 1.165) is 0 Å². The molecule has 0 spiro atoms. The van der Waals surface area contributed by atoms with Crippen LogP contribution in [0.5, 0.6) is 17.2 Å². The van der Waals surface area contributed by atoms with E-state index in [-0.39, 0.29) is 27.8 Å². The van der Waals surface area contributed by atoms with Crippen LogP contribution in [0, 0.1) is 0 Å². The van der Waals surface area contributed by atoms with Gasteiger partial charge in [-0.3, -0.25) is 9.59 Å².